The highest BCUT2D eigenvalue weighted by Gasteiger charge is 2.42. The maximum atomic E-state index is 12.5. The molecule has 2 saturated heterocycles. The maximum Gasteiger partial charge on any atom is 0.222 e. The van der Waals surface area contributed by atoms with Gasteiger partial charge in [-0.05, 0) is 44.7 Å². The molecular formula is C19H29N3O2. The molecule has 0 unspecified atom stereocenters. The van der Waals surface area contributed by atoms with Crippen molar-refractivity contribution in [2.24, 2.45) is 5.92 Å². The zero-order chi connectivity index (χ0) is 16.6. The van der Waals surface area contributed by atoms with Crippen LogP contribution < -0.4 is 0 Å². The first kappa shape index (κ1) is 16.2. The van der Waals surface area contributed by atoms with E-state index in [2.05, 4.69) is 27.8 Å². The molecule has 5 heteroatoms. The Hall–Kier alpha value is -1.33. The molecule has 0 N–H and O–H groups in total. The highest BCUT2D eigenvalue weighted by Crippen LogP contribution is 2.35. The van der Waals surface area contributed by atoms with Crippen LogP contribution in [0.5, 0.6) is 0 Å². The normalized spacial score (nSPS) is 30.0. The lowest BCUT2D eigenvalue weighted by molar-refractivity contribution is -0.131. The van der Waals surface area contributed by atoms with Crippen molar-refractivity contribution in [2.75, 3.05) is 39.8 Å². The van der Waals surface area contributed by atoms with Crippen molar-refractivity contribution in [3.63, 3.8) is 0 Å². The van der Waals surface area contributed by atoms with Crippen molar-refractivity contribution in [1.29, 1.82) is 0 Å². The van der Waals surface area contributed by atoms with Gasteiger partial charge in [-0.15, -0.1) is 0 Å². The van der Waals surface area contributed by atoms with E-state index in [0.29, 0.717) is 12.3 Å². The molecule has 24 heavy (non-hydrogen) atoms. The van der Waals surface area contributed by atoms with Gasteiger partial charge in [-0.3, -0.25) is 14.6 Å². The Morgan fingerprint density at radius 1 is 1.25 bits per heavy atom. The predicted octanol–water partition coefficient (Wildman–Crippen LogP) is 2.19. The van der Waals surface area contributed by atoms with Crippen LogP contribution in [0, 0.1) is 5.92 Å². The van der Waals surface area contributed by atoms with Crippen LogP contribution in [0.25, 0.3) is 0 Å². The highest BCUT2D eigenvalue weighted by molar-refractivity contribution is 5.76. The smallest absolute Gasteiger partial charge is 0.222 e. The van der Waals surface area contributed by atoms with Crippen LogP contribution >= 0.6 is 0 Å². The summed E-state index contributed by atoms with van der Waals surface area (Å²) in [5.74, 6) is 1.16. The Balaban J connectivity index is 1.44. The van der Waals surface area contributed by atoms with Crippen LogP contribution in [0.2, 0.25) is 0 Å². The van der Waals surface area contributed by atoms with Crippen LogP contribution in [0.3, 0.4) is 0 Å². The van der Waals surface area contributed by atoms with Crippen molar-refractivity contribution in [3.05, 3.63) is 24.2 Å². The van der Waals surface area contributed by atoms with Crippen molar-refractivity contribution in [1.82, 2.24) is 14.7 Å². The Labute approximate surface area is 144 Å². The minimum atomic E-state index is 0.149. The molecule has 0 aromatic carbocycles. The van der Waals surface area contributed by atoms with E-state index in [1.807, 2.05) is 6.26 Å². The van der Waals surface area contributed by atoms with Gasteiger partial charge in [0.05, 0.1) is 12.5 Å². The third kappa shape index (κ3) is 3.38. The average molecular weight is 331 g/mol. The molecule has 1 spiro atoms. The summed E-state index contributed by atoms with van der Waals surface area (Å²) in [7, 11) is 2.25. The molecule has 0 radical (unpaired) electrons. The molecule has 1 atom stereocenters. The summed E-state index contributed by atoms with van der Waals surface area (Å²) in [5, 5.41) is 0. The number of carbonyl (C=O) groups excluding carboxylic acids is 1. The summed E-state index contributed by atoms with van der Waals surface area (Å²) in [6, 6.07) is 2.05. The van der Waals surface area contributed by atoms with Gasteiger partial charge in [-0.25, -0.2) is 0 Å². The van der Waals surface area contributed by atoms with Crippen LogP contribution in [0.15, 0.2) is 23.0 Å². The van der Waals surface area contributed by atoms with Gasteiger partial charge in [-0.1, -0.05) is 0 Å². The number of furan rings is 1. The van der Waals surface area contributed by atoms with Gasteiger partial charge in [0.15, 0.2) is 0 Å². The molecule has 0 bridgehead atoms. The second kappa shape index (κ2) is 6.52. The molecule has 1 aromatic rings. The molecular weight excluding hydrogens is 302 g/mol. The number of likely N-dealkylation sites (N-methyl/N-ethyl adjacent to an activating group) is 1. The fraction of sp³-hybridized carbons (Fsp3) is 0.737. The topological polar surface area (TPSA) is 39.9 Å². The van der Waals surface area contributed by atoms with Crippen LogP contribution in [-0.2, 0) is 11.3 Å². The predicted molar refractivity (Wildman–Crippen MR) is 92.5 cm³/mol. The molecule has 3 heterocycles. The second-order valence-corrected chi connectivity index (χ2v) is 8.02. The van der Waals surface area contributed by atoms with E-state index >= 15 is 0 Å². The molecule has 3 fully saturated rings. The fourth-order valence-corrected chi connectivity index (χ4v) is 4.36. The molecule has 3 aliphatic rings. The van der Waals surface area contributed by atoms with Gasteiger partial charge in [-0.2, -0.15) is 0 Å². The summed E-state index contributed by atoms with van der Waals surface area (Å²) in [5.41, 5.74) is 1.39. The third-order valence-corrected chi connectivity index (χ3v) is 6.25. The van der Waals surface area contributed by atoms with E-state index in [1.165, 1.54) is 18.4 Å². The van der Waals surface area contributed by atoms with E-state index in [-0.39, 0.29) is 5.54 Å². The van der Waals surface area contributed by atoms with Gasteiger partial charge in [0.25, 0.3) is 0 Å². The Bertz CT molecular complexity index is 569. The Kier molecular flexibility index (Phi) is 4.39. The maximum absolute atomic E-state index is 12.5. The number of amides is 1. The van der Waals surface area contributed by atoms with Gasteiger partial charge < -0.3 is 9.32 Å². The lowest BCUT2D eigenvalue weighted by Gasteiger charge is -2.49. The van der Waals surface area contributed by atoms with Crippen LogP contribution in [-0.4, -0.2) is 65.9 Å². The Morgan fingerprint density at radius 2 is 2.12 bits per heavy atom. The molecule has 1 amide bonds. The molecule has 132 valence electrons. The highest BCUT2D eigenvalue weighted by atomic mass is 16.3. The summed E-state index contributed by atoms with van der Waals surface area (Å²) in [6.07, 6.45) is 9.02. The largest absolute Gasteiger partial charge is 0.472 e. The van der Waals surface area contributed by atoms with E-state index in [4.69, 9.17) is 4.42 Å². The zero-order valence-corrected chi connectivity index (χ0v) is 14.7. The minimum absolute atomic E-state index is 0.149. The van der Waals surface area contributed by atoms with E-state index < -0.39 is 0 Å². The van der Waals surface area contributed by atoms with Gasteiger partial charge in [0, 0.05) is 56.8 Å². The standard InChI is InChI=1S/C19H29N3O2/c1-20-9-10-21(12-17-5-11-24-14-17)15-19(20)6-4-18(23)22(8-7-19)13-16-2-3-16/h5,11,14,16H,2-4,6-10,12-13,15H2,1H3/t19-/m1/s1. The summed E-state index contributed by atoms with van der Waals surface area (Å²) >= 11 is 0. The number of hydrogen-bond acceptors (Lipinski definition) is 4. The van der Waals surface area contributed by atoms with E-state index in [9.17, 15) is 4.79 Å². The molecule has 1 saturated carbocycles. The summed E-state index contributed by atoms with van der Waals surface area (Å²) < 4.78 is 5.22. The molecule has 1 aliphatic carbocycles. The summed E-state index contributed by atoms with van der Waals surface area (Å²) in [4.78, 5) is 19.7. The summed E-state index contributed by atoms with van der Waals surface area (Å²) in [6.45, 7) is 6.10. The van der Waals surface area contributed by atoms with Gasteiger partial charge in [0.2, 0.25) is 5.91 Å². The molecule has 1 aromatic heterocycles. The lowest BCUT2D eigenvalue weighted by atomic mass is 9.86. The second-order valence-electron chi connectivity index (χ2n) is 8.02. The van der Waals surface area contributed by atoms with Crippen LogP contribution in [0.1, 0.15) is 37.7 Å². The average Bonchev–Trinajstić information content (AvgIpc) is 3.28. The number of carbonyl (C=O) groups is 1. The fourth-order valence-electron chi connectivity index (χ4n) is 4.36. The van der Waals surface area contributed by atoms with Crippen molar-refractivity contribution >= 4 is 5.91 Å². The minimum Gasteiger partial charge on any atom is -0.472 e. The third-order valence-electron chi connectivity index (χ3n) is 6.25. The van der Waals surface area contributed by atoms with E-state index in [0.717, 1.165) is 58.0 Å². The number of piperazine rings is 1. The number of likely N-dealkylation sites (tertiary alicyclic amines) is 1. The lowest BCUT2D eigenvalue weighted by Crippen LogP contribution is -2.60. The van der Waals surface area contributed by atoms with Gasteiger partial charge in [0.1, 0.15) is 0 Å². The SMILES string of the molecule is CN1CCN(Cc2ccoc2)C[C@]12CCC(=O)N(CC1CC1)CC2. The first-order chi connectivity index (χ1) is 11.6. The first-order valence-corrected chi connectivity index (χ1v) is 9.37. The number of hydrogen-bond donors (Lipinski definition) is 0. The number of nitrogens with zero attached hydrogens (tertiary/aromatic N) is 3. The van der Waals surface area contributed by atoms with Crippen molar-refractivity contribution in [2.45, 2.75) is 44.2 Å². The van der Waals surface area contributed by atoms with E-state index in [1.54, 1.807) is 6.26 Å². The van der Waals surface area contributed by atoms with Crippen LogP contribution in [0.4, 0.5) is 0 Å². The van der Waals surface area contributed by atoms with Crippen molar-refractivity contribution in [3.8, 4) is 0 Å². The van der Waals surface area contributed by atoms with Crippen molar-refractivity contribution < 1.29 is 9.21 Å². The first-order valence-electron chi connectivity index (χ1n) is 9.37. The number of rotatable bonds is 4. The Morgan fingerprint density at radius 3 is 2.88 bits per heavy atom. The van der Waals surface area contributed by atoms with Gasteiger partial charge >= 0.3 is 0 Å². The molecule has 4 rings (SSSR count). The zero-order valence-electron chi connectivity index (χ0n) is 14.7. The quantitative estimate of drug-likeness (QED) is 0.848. The monoisotopic (exact) mass is 331 g/mol. The molecule has 5 nitrogen and oxygen atoms in total. The molecule has 2 aliphatic heterocycles.